The number of aromatic nitrogens is 2. The second-order valence-corrected chi connectivity index (χ2v) is 12.7. The van der Waals surface area contributed by atoms with Gasteiger partial charge in [0.25, 0.3) is 0 Å². The monoisotopic (exact) mass is 505 g/mol. The fourth-order valence-corrected chi connectivity index (χ4v) is 6.52. The van der Waals surface area contributed by atoms with Gasteiger partial charge in [0.1, 0.15) is 5.82 Å². The van der Waals surface area contributed by atoms with E-state index < -0.39 is 10.2 Å². The van der Waals surface area contributed by atoms with Crippen LogP contribution in [0, 0.1) is 11.8 Å². The first-order valence-electron chi connectivity index (χ1n) is 12.6. The molecule has 1 amide bonds. The number of hydrogen-bond acceptors (Lipinski definition) is 5. The third kappa shape index (κ3) is 5.34. The Morgan fingerprint density at radius 3 is 2.43 bits per heavy atom. The molecule has 194 valence electrons. The quantitative estimate of drug-likeness (QED) is 0.651. The van der Waals surface area contributed by atoms with Gasteiger partial charge in [-0.2, -0.15) is 12.7 Å². The maximum absolute atomic E-state index is 13.4. The van der Waals surface area contributed by atoms with Crippen molar-refractivity contribution in [2.45, 2.75) is 58.4 Å². The van der Waals surface area contributed by atoms with Crippen LogP contribution in [0.4, 0.5) is 5.69 Å². The van der Waals surface area contributed by atoms with Crippen LogP contribution in [0.25, 0.3) is 11.0 Å². The van der Waals surface area contributed by atoms with Crippen LogP contribution in [-0.2, 0) is 31.7 Å². The molecule has 4 rings (SSSR count). The maximum atomic E-state index is 13.4. The first-order valence-corrected chi connectivity index (χ1v) is 14.0. The van der Waals surface area contributed by atoms with E-state index in [0.717, 1.165) is 49.5 Å². The first-order chi connectivity index (χ1) is 16.5. The summed E-state index contributed by atoms with van der Waals surface area (Å²) in [6.45, 7) is 9.64. The molecule has 0 atom stereocenters. The van der Waals surface area contributed by atoms with Gasteiger partial charge in [-0.15, -0.1) is 0 Å². The van der Waals surface area contributed by atoms with Gasteiger partial charge in [-0.05, 0) is 49.8 Å². The number of hydrogen-bond donors (Lipinski definition) is 1. The Bertz CT molecular complexity index is 1160. The molecule has 1 N–H and O–H groups in total. The minimum Gasteiger partial charge on any atom is -0.381 e. The summed E-state index contributed by atoms with van der Waals surface area (Å²) in [5.41, 5.74) is 2.28. The topological polar surface area (TPSA) is 96.8 Å². The van der Waals surface area contributed by atoms with Crippen LogP contribution in [0.1, 0.15) is 52.3 Å². The van der Waals surface area contributed by atoms with Crippen LogP contribution < -0.4 is 9.62 Å². The van der Waals surface area contributed by atoms with Crippen molar-refractivity contribution in [3.8, 4) is 0 Å². The Kier molecular flexibility index (Phi) is 7.45. The molecule has 2 aliphatic heterocycles. The van der Waals surface area contributed by atoms with Crippen molar-refractivity contribution >= 4 is 32.8 Å². The highest BCUT2D eigenvalue weighted by Crippen LogP contribution is 2.32. The van der Waals surface area contributed by atoms with Gasteiger partial charge >= 0.3 is 10.2 Å². The first kappa shape index (κ1) is 25.9. The second-order valence-electron chi connectivity index (χ2n) is 10.8. The summed E-state index contributed by atoms with van der Waals surface area (Å²) in [5, 5.41) is 2.66. The second kappa shape index (κ2) is 10.1. The van der Waals surface area contributed by atoms with E-state index in [0.29, 0.717) is 37.5 Å². The van der Waals surface area contributed by atoms with E-state index in [4.69, 9.17) is 9.72 Å². The summed E-state index contributed by atoms with van der Waals surface area (Å²) < 4.78 is 37.4. The number of nitrogens with one attached hydrogen (secondary N) is 1. The minimum atomic E-state index is -3.71. The molecule has 2 fully saturated rings. The van der Waals surface area contributed by atoms with E-state index in [1.807, 2.05) is 18.2 Å². The SMILES string of the molecule is CNC(=O)C1CCN(S(=O)(=O)N(C)c2ccc3c(c2)nc(C(C)(C)C)n3CC2CCOCC2)CC1. The standard InChI is InChI=1S/C25H39N5O4S/c1-25(2,3)24-27-21-16-20(6-7-22(21)30(24)17-18-10-14-34-15-11-18)28(5)35(32,33)29-12-8-19(9-13-29)23(31)26-4/h6-7,16,18-19H,8-15,17H2,1-5H3,(H,26,31). The summed E-state index contributed by atoms with van der Waals surface area (Å²) in [5.74, 6) is 1.40. The molecule has 2 saturated heterocycles. The van der Waals surface area contributed by atoms with Gasteiger partial charge in [-0.1, -0.05) is 20.8 Å². The van der Waals surface area contributed by atoms with Crippen molar-refractivity contribution in [2.24, 2.45) is 11.8 Å². The molecular weight excluding hydrogens is 466 g/mol. The van der Waals surface area contributed by atoms with Gasteiger partial charge in [0.15, 0.2) is 0 Å². The van der Waals surface area contributed by atoms with Crippen molar-refractivity contribution in [3.63, 3.8) is 0 Å². The Morgan fingerprint density at radius 1 is 1.17 bits per heavy atom. The molecule has 0 aliphatic carbocycles. The molecule has 0 saturated carbocycles. The number of benzene rings is 1. The van der Waals surface area contributed by atoms with Crippen LogP contribution in [0.2, 0.25) is 0 Å². The molecule has 0 unspecified atom stereocenters. The van der Waals surface area contributed by atoms with E-state index in [9.17, 15) is 13.2 Å². The molecule has 3 heterocycles. The maximum Gasteiger partial charge on any atom is 0.303 e. The van der Waals surface area contributed by atoms with E-state index in [1.165, 1.54) is 8.61 Å². The predicted molar refractivity (Wildman–Crippen MR) is 138 cm³/mol. The van der Waals surface area contributed by atoms with Crippen LogP contribution >= 0.6 is 0 Å². The zero-order valence-corrected chi connectivity index (χ0v) is 22.4. The summed E-state index contributed by atoms with van der Waals surface area (Å²) in [6.07, 6.45) is 3.13. The molecule has 1 aromatic carbocycles. The Labute approximate surface area is 209 Å². The van der Waals surface area contributed by atoms with Crippen LogP contribution in [0.5, 0.6) is 0 Å². The lowest BCUT2D eigenvalue weighted by molar-refractivity contribution is -0.125. The zero-order chi connectivity index (χ0) is 25.4. The molecule has 2 aromatic rings. The molecule has 1 aromatic heterocycles. The van der Waals surface area contributed by atoms with Gasteiger partial charge < -0.3 is 14.6 Å². The summed E-state index contributed by atoms with van der Waals surface area (Å²) >= 11 is 0. The number of rotatable bonds is 6. The smallest absolute Gasteiger partial charge is 0.303 e. The molecule has 0 spiro atoms. The number of nitrogens with zero attached hydrogens (tertiary/aromatic N) is 4. The number of ether oxygens (including phenoxy) is 1. The largest absolute Gasteiger partial charge is 0.381 e. The summed E-state index contributed by atoms with van der Waals surface area (Å²) in [6, 6.07) is 5.74. The third-order valence-corrected chi connectivity index (χ3v) is 9.21. The third-order valence-electron chi connectivity index (χ3n) is 7.29. The number of carbonyl (C=O) groups is 1. The predicted octanol–water partition coefficient (Wildman–Crippen LogP) is 2.90. The van der Waals surface area contributed by atoms with Gasteiger partial charge in [-0.25, -0.2) is 4.98 Å². The van der Waals surface area contributed by atoms with Gasteiger partial charge in [0.2, 0.25) is 5.91 Å². The molecule has 2 aliphatic rings. The van der Waals surface area contributed by atoms with Crippen molar-refractivity contribution in [3.05, 3.63) is 24.0 Å². The van der Waals surface area contributed by atoms with E-state index >= 15 is 0 Å². The van der Waals surface area contributed by atoms with E-state index in [2.05, 4.69) is 30.7 Å². The highest BCUT2D eigenvalue weighted by molar-refractivity contribution is 7.90. The number of fused-ring (bicyclic) bond motifs is 1. The van der Waals surface area contributed by atoms with Gasteiger partial charge in [0, 0.05) is 58.3 Å². The van der Waals surface area contributed by atoms with Crippen LogP contribution in [-0.4, -0.2) is 68.6 Å². The molecule has 0 bridgehead atoms. The fraction of sp³-hybridized carbons (Fsp3) is 0.680. The average Bonchev–Trinajstić information content (AvgIpc) is 3.21. The summed E-state index contributed by atoms with van der Waals surface area (Å²) in [7, 11) is -0.503. The van der Waals surface area contributed by atoms with Gasteiger partial charge in [-0.3, -0.25) is 9.10 Å². The molecule has 10 heteroatoms. The van der Waals surface area contributed by atoms with E-state index in [-0.39, 0.29) is 17.2 Å². The zero-order valence-electron chi connectivity index (χ0n) is 21.6. The number of imidazole rings is 1. The van der Waals surface area contributed by atoms with Crippen LogP contribution in [0.3, 0.4) is 0 Å². The Balaban J connectivity index is 1.59. The van der Waals surface area contributed by atoms with Crippen molar-refractivity contribution < 1.29 is 17.9 Å². The lowest BCUT2D eigenvalue weighted by atomic mass is 9.94. The van der Waals surface area contributed by atoms with Crippen molar-refractivity contribution in [1.29, 1.82) is 0 Å². The number of anilines is 1. The Hall–Kier alpha value is -2.17. The number of carbonyl (C=O) groups excluding carboxylic acids is 1. The van der Waals surface area contributed by atoms with Crippen molar-refractivity contribution in [1.82, 2.24) is 19.2 Å². The summed E-state index contributed by atoms with van der Waals surface area (Å²) in [4.78, 5) is 16.9. The molecular formula is C25H39N5O4S. The fourth-order valence-electron chi connectivity index (χ4n) is 5.12. The average molecular weight is 506 g/mol. The molecule has 0 radical (unpaired) electrons. The minimum absolute atomic E-state index is 0.0214. The normalized spacial score (nSPS) is 19.2. The molecule has 35 heavy (non-hydrogen) atoms. The van der Waals surface area contributed by atoms with Gasteiger partial charge in [0.05, 0.1) is 16.7 Å². The number of piperidine rings is 1. The highest BCUT2D eigenvalue weighted by Gasteiger charge is 2.34. The molecule has 9 nitrogen and oxygen atoms in total. The van der Waals surface area contributed by atoms with Crippen molar-refractivity contribution in [2.75, 3.05) is 44.7 Å². The highest BCUT2D eigenvalue weighted by atomic mass is 32.2. The van der Waals surface area contributed by atoms with E-state index in [1.54, 1.807) is 14.1 Å². The lowest BCUT2D eigenvalue weighted by Gasteiger charge is -2.33. The number of amides is 1. The van der Waals surface area contributed by atoms with Crippen LogP contribution in [0.15, 0.2) is 18.2 Å². The Morgan fingerprint density at radius 2 is 1.83 bits per heavy atom. The lowest BCUT2D eigenvalue weighted by Crippen LogP contribution is -2.47.